The minimum absolute atomic E-state index is 0. The van der Waals surface area contributed by atoms with Crippen LogP contribution in [0.25, 0.3) is 0 Å². The standard InChI is InChI=1S/C13H20O6.6CH4.HOP/c1-4-12(14)18-7-6-16-10-11(3)17-8-9-19-13(15)5-2;;;;;;;1-2/h4-5,11H,1-2,6-10H2,3H3;6*1H4;2H. The molecule has 168 valence electrons. The van der Waals surface area contributed by atoms with Crippen molar-refractivity contribution in [3.63, 3.8) is 0 Å². The highest BCUT2D eigenvalue weighted by atomic mass is 31.0. The van der Waals surface area contributed by atoms with Crippen molar-refractivity contribution in [1.29, 1.82) is 0 Å². The van der Waals surface area contributed by atoms with E-state index >= 15 is 0 Å². The van der Waals surface area contributed by atoms with Gasteiger partial charge in [-0.2, -0.15) is 0 Å². The van der Waals surface area contributed by atoms with Crippen LogP contribution in [0.3, 0.4) is 0 Å². The number of carbonyl (C=O) groups excluding carboxylic acids is 2. The zero-order chi connectivity index (χ0) is 16.5. The minimum atomic E-state index is -0.475. The lowest BCUT2D eigenvalue weighted by Gasteiger charge is -2.13. The van der Waals surface area contributed by atoms with E-state index in [1.807, 2.05) is 6.92 Å². The molecule has 0 spiro atoms. The average Bonchev–Trinajstić information content (AvgIpc) is 2.52. The molecule has 0 radical (unpaired) electrons. The lowest BCUT2D eigenvalue weighted by atomic mass is 10.4. The van der Waals surface area contributed by atoms with Crippen molar-refractivity contribution in [3.8, 4) is 0 Å². The molecule has 0 aromatic carbocycles. The molecule has 0 N–H and O–H groups in total. The van der Waals surface area contributed by atoms with Crippen LogP contribution in [0, 0.1) is 0 Å². The number of hydrogen-bond donors (Lipinski definition) is 0. The summed E-state index contributed by atoms with van der Waals surface area (Å²) in [6, 6.07) is 0. The number of ether oxygens (including phenoxy) is 4. The molecule has 0 heterocycles. The summed E-state index contributed by atoms with van der Waals surface area (Å²) in [6.45, 7) is 9.66. The van der Waals surface area contributed by atoms with Crippen LogP contribution in [0.1, 0.15) is 51.5 Å². The Kier molecular flexibility index (Phi) is 73.1. The summed E-state index contributed by atoms with van der Waals surface area (Å²) in [5, 5.41) is 0. The number of rotatable bonds is 11. The normalized spacial score (nSPS) is 8.19. The largest absolute Gasteiger partial charge is 0.460 e. The average molecular weight is 417 g/mol. The molecule has 8 heteroatoms. The van der Waals surface area contributed by atoms with E-state index in [4.69, 9.17) is 23.5 Å². The Morgan fingerprint density at radius 1 is 0.815 bits per heavy atom. The maximum atomic E-state index is 10.7. The topological polar surface area (TPSA) is 88.1 Å². The fraction of sp³-hybridized carbons (Fsp3) is 0.684. The van der Waals surface area contributed by atoms with Gasteiger partial charge in [-0.1, -0.05) is 57.7 Å². The fourth-order valence-corrected chi connectivity index (χ4v) is 1.01. The van der Waals surface area contributed by atoms with E-state index in [-0.39, 0.29) is 70.5 Å². The van der Waals surface area contributed by atoms with E-state index in [0.29, 0.717) is 13.2 Å². The Morgan fingerprint density at radius 2 is 1.19 bits per heavy atom. The van der Waals surface area contributed by atoms with Gasteiger partial charge in [-0.25, -0.2) is 9.59 Å². The van der Waals surface area contributed by atoms with Gasteiger partial charge in [0, 0.05) is 12.2 Å². The van der Waals surface area contributed by atoms with Gasteiger partial charge in [0.2, 0.25) is 0 Å². The fourth-order valence-electron chi connectivity index (χ4n) is 1.01. The SMILES string of the molecule is C.C.C.C.C.C.C=CC(=O)OCCOCC(C)OCCOC(=O)C=C.O=P. The summed E-state index contributed by atoms with van der Waals surface area (Å²) < 4.78 is 28.1. The van der Waals surface area contributed by atoms with E-state index in [1.54, 1.807) is 9.12 Å². The number of esters is 2. The first-order valence-corrected chi connectivity index (χ1v) is 6.49. The van der Waals surface area contributed by atoms with Gasteiger partial charge in [0.1, 0.15) is 22.3 Å². The molecule has 1 atom stereocenters. The zero-order valence-electron chi connectivity index (χ0n) is 12.0. The van der Waals surface area contributed by atoms with E-state index in [9.17, 15) is 9.59 Å². The van der Waals surface area contributed by atoms with Gasteiger partial charge in [0.15, 0.2) is 0 Å². The summed E-state index contributed by atoms with van der Waals surface area (Å²) in [5.74, 6) is -0.950. The first-order valence-electron chi connectivity index (χ1n) is 6.08. The van der Waals surface area contributed by atoms with Crippen molar-refractivity contribution >= 4 is 21.1 Å². The molecule has 0 saturated carbocycles. The van der Waals surface area contributed by atoms with Gasteiger partial charge in [-0.05, 0) is 6.92 Å². The highest BCUT2D eigenvalue weighted by Crippen LogP contribution is 1.93. The molecular weight excluding hydrogens is 371 g/mol. The molecular formula is C19H45O7P. The second kappa shape index (κ2) is 39.5. The molecule has 0 aromatic rings. The van der Waals surface area contributed by atoms with Crippen LogP contribution in [0.2, 0.25) is 0 Å². The maximum absolute atomic E-state index is 10.7. The molecule has 0 aliphatic carbocycles. The lowest BCUT2D eigenvalue weighted by molar-refractivity contribution is -0.142. The van der Waals surface area contributed by atoms with Gasteiger partial charge in [-0.3, -0.25) is 4.57 Å². The Labute approximate surface area is 170 Å². The Bertz CT molecular complexity index is 323. The third-order valence-corrected chi connectivity index (χ3v) is 1.89. The molecule has 0 amide bonds. The van der Waals surface area contributed by atoms with Crippen molar-refractivity contribution in [2.45, 2.75) is 57.6 Å². The Hall–Kier alpha value is -1.56. The van der Waals surface area contributed by atoms with Crippen LogP contribution in [0.4, 0.5) is 0 Å². The summed E-state index contributed by atoms with van der Waals surface area (Å²) in [5.41, 5.74) is 0. The summed E-state index contributed by atoms with van der Waals surface area (Å²) >= 11 is 0. The smallest absolute Gasteiger partial charge is 0.330 e. The number of carbonyl (C=O) groups is 2. The molecule has 1 unspecified atom stereocenters. The Balaban J connectivity index is -0.0000000725. The van der Waals surface area contributed by atoms with Crippen LogP contribution in [0.15, 0.2) is 25.3 Å². The molecule has 0 saturated heterocycles. The molecule has 0 fully saturated rings. The maximum Gasteiger partial charge on any atom is 0.330 e. The molecule has 0 rings (SSSR count). The van der Waals surface area contributed by atoms with E-state index in [1.165, 1.54) is 0 Å². The first-order chi connectivity index (χ1) is 10.1. The molecule has 0 aromatic heterocycles. The molecule has 27 heavy (non-hydrogen) atoms. The summed E-state index contributed by atoms with van der Waals surface area (Å²) in [4.78, 5) is 21.4. The highest BCUT2D eigenvalue weighted by Gasteiger charge is 2.03. The third kappa shape index (κ3) is 40.5. The van der Waals surface area contributed by atoms with Crippen molar-refractivity contribution in [3.05, 3.63) is 25.3 Å². The highest BCUT2D eigenvalue weighted by molar-refractivity contribution is 7.00. The minimum Gasteiger partial charge on any atom is -0.460 e. The summed E-state index contributed by atoms with van der Waals surface area (Å²) in [6.07, 6.45) is 2.05. The molecule has 0 aliphatic heterocycles. The van der Waals surface area contributed by atoms with Crippen molar-refractivity contribution in [2.75, 3.05) is 33.0 Å². The van der Waals surface area contributed by atoms with Crippen LogP contribution in [-0.2, 0) is 33.1 Å². The second-order valence-electron chi connectivity index (χ2n) is 3.50. The van der Waals surface area contributed by atoms with Gasteiger partial charge in [0.25, 0.3) is 0 Å². The van der Waals surface area contributed by atoms with Gasteiger partial charge < -0.3 is 18.9 Å². The van der Waals surface area contributed by atoms with Crippen LogP contribution >= 0.6 is 9.12 Å². The monoisotopic (exact) mass is 416 g/mol. The molecule has 0 bridgehead atoms. The van der Waals surface area contributed by atoms with Crippen molar-refractivity contribution < 1.29 is 33.1 Å². The van der Waals surface area contributed by atoms with Gasteiger partial charge in [0.05, 0.1) is 25.9 Å². The van der Waals surface area contributed by atoms with Crippen molar-refractivity contribution in [1.82, 2.24) is 0 Å². The zero-order valence-corrected chi connectivity index (χ0v) is 13.0. The molecule has 0 aliphatic rings. The number of hydrogen-bond acceptors (Lipinski definition) is 7. The van der Waals surface area contributed by atoms with Gasteiger partial charge in [-0.15, -0.1) is 0 Å². The lowest BCUT2D eigenvalue weighted by Crippen LogP contribution is -2.21. The van der Waals surface area contributed by atoms with Crippen LogP contribution in [-0.4, -0.2) is 51.1 Å². The first kappa shape index (κ1) is 50.0. The van der Waals surface area contributed by atoms with E-state index < -0.39 is 11.9 Å². The third-order valence-electron chi connectivity index (χ3n) is 1.89. The summed E-state index contributed by atoms with van der Waals surface area (Å²) in [7, 11) is 1.72. The Morgan fingerprint density at radius 3 is 1.56 bits per heavy atom. The second-order valence-corrected chi connectivity index (χ2v) is 3.50. The van der Waals surface area contributed by atoms with E-state index in [2.05, 4.69) is 13.2 Å². The van der Waals surface area contributed by atoms with Crippen molar-refractivity contribution in [2.24, 2.45) is 0 Å². The predicted octanol–water partition coefficient (Wildman–Crippen LogP) is 5.16. The predicted molar refractivity (Wildman–Crippen MR) is 118 cm³/mol. The van der Waals surface area contributed by atoms with E-state index in [0.717, 1.165) is 12.2 Å². The van der Waals surface area contributed by atoms with Crippen LogP contribution in [0.5, 0.6) is 0 Å². The van der Waals surface area contributed by atoms with Gasteiger partial charge >= 0.3 is 11.9 Å². The quantitative estimate of drug-likeness (QED) is 0.199. The van der Waals surface area contributed by atoms with Crippen LogP contribution < -0.4 is 0 Å². The molecule has 7 nitrogen and oxygen atoms in total.